The fourth-order valence-electron chi connectivity index (χ4n) is 0.650. The summed E-state index contributed by atoms with van der Waals surface area (Å²) in [4.78, 5) is 5.15. The predicted octanol–water partition coefficient (Wildman–Crippen LogP) is 0.926. The van der Waals surface area contributed by atoms with Gasteiger partial charge in [-0.05, 0) is 6.92 Å². The van der Waals surface area contributed by atoms with Crippen molar-refractivity contribution in [2.75, 3.05) is 7.05 Å². The molecule has 0 aromatic carbocycles. The van der Waals surface area contributed by atoms with Gasteiger partial charge >= 0.3 is 0 Å². The number of aromatic nitrogens is 1. The SMILES string of the molecule is C/N=c1\scc(C)n1C. The van der Waals surface area contributed by atoms with Crippen molar-refractivity contribution in [1.82, 2.24) is 4.57 Å². The van der Waals surface area contributed by atoms with Crippen LogP contribution in [-0.4, -0.2) is 11.6 Å². The highest BCUT2D eigenvalue weighted by Crippen LogP contribution is 1.95. The molecule has 0 spiro atoms. The lowest BCUT2D eigenvalue weighted by molar-refractivity contribution is 0.829. The molecule has 1 rings (SSSR count). The van der Waals surface area contributed by atoms with Crippen molar-refractivity contribution in [2.45, 2.75) is 6.92 Å². The van der Waals surface area contributed by atoms with Crippen LogP contribution in [0.3, 0.4) is 0 Å². The lowest BCUT2D eigenvalue weighted by Gasteiger charge is -1.90. The van der Waals surface area contributed by atoms with E-state index in [0.29, 0.717) is 0 Å². The molecule has 0 unspecified atom stereocenters. The first kappa shape index (κ1) is 6.55. The zero-order valence-electron chi connectivity index (χ0n) is 5.88. The number of thiazole rings is 1. The molecule has 1 heterocycles. The molecule has 0 N–H and O–H groups in total. The van der Waals surface area contributed by atoms with Gasteiger partial charge in [0, 0.05) is 25.2 Å². The van der Waals surface area contributed by atoms with Gasteiger partial charge in [-0.25, -0.2) is 0 Å². The average molecular weight is 142 g/mol. The zero-order chi connectivity index (χ0) is 6.85. The largest absolute Gasteiger partial charge is 0.324 e. The normalized spacial score (nSPS) is 12.6. The van der Waals surface area contributed by atoms with E-state index in [1.54, 1.807) is 11.3 Å². The van der Waals surface area contributed by atoms with Crippen LogP contribution in [0.5, 0.6) is 0 Å². The maximum Gasteiger partial charge on any atom is 0.184 e. The van der Waals surface area contributed by atoms with E-state index in [0.717, 1.165) is 4.80 Å². The second kappa shape index (κ2) is 2.35. The molecule has 0 amide bonds. The fraction of sp³-hybridized carbons (Fsp3) is 0.500. The van der Waals surface area contributed by atoms with E-state index in [1.165, 1.54) is 5.69 Å². The van der Waals surface area contributed by atoms with E-state index in [1.807, 2.05) is 14.1 Å². The van der Waals surface area contributed by atoms with Crippen LogP contribution in [0.25, 0.3) is 0 Å². The van der Waals surface area contributed by atoms with Crippen LogP contribution >= 0.6 is 11.3 Å². The molecule has 1 aromatic heterocycles. The van der Waals surface area contributed by atoms with E-state index < -0.39 is 0 Å². The van der Waals surface area contributed by atoms with Crippen molar-refractivity contribution in [3.05, 3.63) is 15.9 Å². The Morgan fingerprint density at radius 3 is 2.56 bits per heavy atom. The first-order valence-electron chi connectivity index (χ1n) is 2.79. The van der Waals surface area contributed by atoms with Gasteiger partial charge in [0.2, 0.25) is 0 Å². The minimum Gasteiger partial charge on any atom is -0.324 e. The molecule has 50 valence electrons. The standard InChI is InChI=1S/C6H10N2S/c1-5-4-9-6(7-2)8(5)3/h4H,1-3H3/b7-6-. The first-order valence-corrected chi connectivity index (χ1v) is 3.67. The van der Waals surface area contributed by atoms with Crippen LogP contribution in [0.15, 0.2) is 10.4 Å². The van der Waals surface area contributed by atoms with Gasteiger partial charge in [-0.15, -0.1) is 11.3 Å². The molecule has 0 bridgehead atoms. The molecule has 2 nitrogen and oxygen atoms in total. The second-order valence-corrected chi connectivity index (χ2v) is 2.78. The summed E-state index contributed by atoms with van der Waals surface area (Å²) in [5.41, 5.74) is 1.26. The molecule has 0 aliphatic rings. The maximum atomic E-state index is 4.07. The van der Waals surface area contributed by atoms with Gasteiger partial charge < -0.3 is 4.57 Å². The van der Waals surface area contributed by atoms with Gasteiger partial charge in [-0.2, -0.15) is 0 Å². The van der Waals surface area contributed by atoms with E-state index in [2.05, 4.69) is 21.9 Å². The van der Waals surface area contributed by atoms with Crippen molar-refractivity contribution in [2.24, 2.45) is 12.0 Å². The minimum atomic E-state index is 1.08. The van der Waals surface area contributed by atoms with E-state index in [-0.39, 0.29) is 0 Å². The molecule has 9 heavy (non-hydrogen) atoms. The van der Waals surface area contributed by atoms with Gasteiger partial charge in [0.1, 0.15) is 0 Å². The molecule has 3 heteroatoms. The monoisotopic (exact) mass is 142 g/mol. The zero-order valence-corrected chi connectivity index (χ0v) is 6.70. The van der Waals surface area contributed by atoms with Crippen LogP contribution in [0.2, 0.25) is 0 Å². The Hall–Kier alpha value is -0.570. The summed E-state index contributed by atoms with van der Waals surface area (Å²) >= 11 is 1.67. The van der Waals surface area contributed by atoms with Crippen LogP contribution in [0.1, 0.15) is 5.69 Å². The highest BCUT2D eigenvalue weighted by molar-refractivity contribution is 7.07. The van der Waals surface area contributed by atoms with E-state index >= 15 is 0 Å². The molecular weight excluding hydrogens is 132 g/mol. The number of hydrogen-bond acceptors (Lipinski definition) is 2. The molecule has 0 radical (unpaired) electrons. The highest BCUT2D eigenvalue weighted by Gasteiger charge is 1.90. The van der Waals surface area contributed by atoms with Crippen molar-refractivity contribution in [3.63, 3.8) is 0 Å². The molecule has 0 atom stereocenters. The number of aryl methyl sites for hydroxylation is 1. The molecule has 0 fully saturated rings. The molecule has 0 aliphatic carbocycles. The second-order valence-electron chi connectivity index (χ2n) is 1.94. The third kappa shape index (κ3) is 1.05. The Morgan fingerprint density at radius 1 is 1.67 bits per heavy atom. The summed E-state index contributed by atoms with van der Waals surface area (Å²) in [6.07, 6.45) is 0. The summed E-state index contributed by atoms with van der Waals surface area (Å²) in [6.45, 7) is 2.07. The summed E-state index contributed by atoms with van der Waals surface area (Å²) in [5.74, 6) is 0. The summed E-state index contributed by atoms with van der Waals surface area (Å²) in [5, 5.41) is 2.10. The van der Waals surface area contributed by atoms with Crippen LogP contribution in [0.4, 0.5) is 0 Å². The lowest BCUT2D eigenvalue weighted by atomic mass is 10.6. The smallest absolute Gasteiger partial charge is 0.184 e. The number of hydrogen-bond donors (Lipinski definition) is 0. The van der Waals surface area contributed by atoms with Crippen LogP contribution in [0, 0.1) is 6.92 Å². The maximum absolute atomic E-state index is 4.07. The van der Waals surface area contributed by atoms with Gasteiger partial charge in [-0.3, -0.25) is 4.99 Å². The van der Waals surface area contributed by atoms with Gasteiger partial charge in [0.15, 0.2) is 4.80 Å². The van der Waals surface area contributed by atoms with Crippen molar-refractivity contribution in [3.8, 4) is 0 Å². The minimum absolute atomic E-state index is 1.08. The molecule has 0 saturated carbocycles. The third-order valence-corrected chi connectivity index (χ3v) is 2.47. The quantitative estimate of drug-likeness (QED) is 0.512. The molecule has 0 saturated heterocycles. The van der Waals surface area contributed by atoms with Gasteiger partial charge in [-0.1, -0.05) is 0 Å². The number of nitrogens with zero attached hydrogens (tertiary/aromatic N) is 2. The van der Waals surface area contributed by atoms with E-state index in [4.69, 9.17) is 0 Å². The topological polar surface area (TPSA) is 17.3 Å². The Bertz CT molecular complexity index is 256. The van der Waals surface area contributed by atoms with Crippen LogP contribution < -0.4 is 4.80 Å². The van der Waals surface area contributed by atoms with E-state index in [9.17, 15) is 0 Å². The molecule has 0 aliphatic heterocycles. The Balaban J connectivity index is 3.37. The predicted molar refractivity (Wildman–Crippen MR) is 39.5 cm³/mol. The molecular formula is C6H10N2S. The summed E-state index contributed by atoms with van der Waals surface area (Å²) in [7, 11) is 3.83. The Labute approximate surface area is 58.5 Å². The highest BCUT2D eigenvalue weighted by atomic mass is 32.1. The summed E-state index contributed by atoms with van der Waals surface area (Å²) in [6, 6.07) is 0. The van der Waals surface area contributed by atoms with Crippen molar-refractivity contribution >= 4 is 11.3 Å². The Morgan fingerprint density at radius 2 is 2.33 bits per heavy atom. The van der Waals surface area contributed by atoms with Crippen LogP contribution in [-0.2, 0) is 7.05 Å². The lowest BCUT2D eigenvalue weighted by Crippen LogP contribution is -2.10. The Kier molecular flexibility index (Phi) is 1.71. The fourth-order valence-corrected chi connectivity index (χ4v) is 1.49. The van der Waals surface area contributed by atoms with Crippen molar-refractivity contribution in [1.29, 1.82) is 0 Å². The third-order valence-electron chi connectivity index (χ3n) is 1.34. The number of rotatable bonds is 0. The first-order chi connectivity index (χ1) is 4.25. The average Bonchev–Trinajstić information content (AvgIpc) is 2.15. The summed E-state index contributed by atoms with van der Waals surface area (Å²) < 4.78 is 2.07. The molecule has 1 aromatic rings. The van der Waals surface area contributed by atoms with Gasteiger partial charge in [0.25, 0.3) is 0 Å². The van der Waals surface area contributed by atoms with Crippen molar-refractivity contribution < 1.29 is 0 Å². The van der Waals surface area contributed by atoms with Gasteiger partial charge in [0.05, 0.1) is 0 Å².